The van der Waals surface area contributed by atoms with Gasteiger partial charge in [-0.05, 0) is 36.5 Å². The van der Waals surface area contributed by atoms with Crippen molar-refractivity contribution in [2.45, 2.75) is 0 Å². The number of hydrogen-bond acceptors (Lipinski definition) is 8. The van der Waals surface area contributed by atoms with E-state index in [1.165, 1.54) is 31.4 Å². The van der Waals surface area contributed by atoms with Crippen LogP contribution in [0.5, 0.6) is 0 Å². The second-order valence-electron chi connectivity index (χ2n) is 5.23. The van der Waals surface area contributed by atoms with Gasteiger partial charge in [-0.15, -0.1) is 0 Å². The smallest absolute Gasteiger partial charge is 0.337 e. The number of anilines is 1. The topological polar surface area (TPSA) is 154 Å². The van der Waals surface area contributed by atoms with E-state index in [1.54, 1.807) is 0 Å². The highest BCUT2D eigenvalue weighted by Crippen LogP contribution is 2.22. The molecule has 0 atom stereocenters. The zero-order valence-electron chi connectivity index (χ0n) is 14.2. The Hall–Kier alpha value is -3.93. The summed E-state index contributed by atoms with van der Waals surface area (Å²) in [5, 5.41) is 26.6. The van der Waals surface area contributed by atoms with Gasteiger partial charge in [-0.25, -0.2) is 4.79 Å². The van der Waals surface area contributed by atoms with Gasteiger partial charge in [-0.2, -0.15) is 0 Å². The van der Waals surface area contributed by atoms with Crippen LogP contribution < -0.4 is 10.6 Å². The van der Waals surface area contributed by atoms with Gasteiger partial charge in [0.25, 0.3) is 17.3 Å². The molecule has 0 saturated carbocycles. The number of non-ortho nitro benzene ring substituents is 2. The van der Waals surface area contributed by atoms with Crippen molar-refractivity contribution in [1.82, 2.24) is 5.32 Å². The number of nitro benzene ring substituents is 2. The quantitative estimate of drug-likeness (QED) is 0.331. The molecule has 2 rings (SSSR count). The molecule has 0 aliphatic carbocycles. The molecule has 0 aliphatic rings. The molecule has 28 heavy (non-hydrogen) atoms. The number of nitrogens with one attached hydrogen (secondary N) is 2. The highest BCUT2D eigenvalue weighted by molar-refractivity contribution is 7.80. The number of nitrogens with zero attached hydrogens (tertiary/aromatic N) is 2. The Kier molecular flexibility index (Phi) is 6.29. The van der Waals surface area contributed by atoms with E-state index in [-0.39, 0.29) is 10.7 Å². The van der Waals surface area contributed by atoms with Crippen LogP contribution in [-0.2, 0) is 4.74 Å². The Morgan fingerprint density at radius 3 is 1.96 bits per heavy atom. The molecule has 0 spiro atoms. The zero-order valence-corrected chi connectivity index (χ0v) is 15.0. The number of thiocarbonyl (C=S) groups is 1. The van der Waals surface area contributed by atoms with Crippen molar-refractivity contribution in [2.24, 2.45) is 0 Å². The van der Waals surface area contributed by atoms with Crippen molar-refractivity contribution in [1.29, 1.82) is 0 Å². The summed E-state index contributed by atoms with van der Waals surface area (Å²) in [7, 11) is 1.25. The van der Waals surface area contributed by atoms with Crippen LogP contribution >= 0.6 is 12.2 Å². The molecule has 144 valence electrons. The van der Waals surface area contributed by atoms with E-state index in [2.05, 4.69) is 15.4 Å². The first-order chi connectivity index (χ1) is 13.2. The molecule has 12 heteroatoms. The standard InChI is InChI=1S/C16H12N4O7S/c1-27-15(22)9-2-4-11(5-3-9)17-16(28)18-14(21)10-6-12(19(23)24)8-13(7-10)20(25)26/h2-8H,1H3,(H2,17,18,21,28). The Labute approximate surface area is 162 Å². The Morgan fingerprint density at radius 1 is 0.964 bits per heavy atom. The van der Waals surface area contributed by atoms with Crippen molar-refractivity contribution in [3.05, 3.63) is 73.8 Å². The monoisotopic (exact) mass is 404 g/mol. The van der Waals surface area contributed by atoms with Crippen LogP contribution in [0.15, 0.2) is 42.5 Å². The Morgan fingerprint density at radius 2 is 1.50 bits per heavy atom. The van der Waals surface area contributed by atoms with Crippen molar-refractivity contribution in [3.8, 4) is 0 Å². The van der Waals surface area contributed by atoms with Crippen molar-refractivity contribution in [3.63, 3.8) is 0 Å². The van der Waals surface area contributed by atoms with Gasteiger partial charge in [-0.3, -0.25) is 30.3 Å². The predicted octanol–water partition coefficient (Wildman–Crippen LogP) is 2.42. The molecule has 2 aromatic carbocycles. The molecule has 0 aliphatic heterocycles. The van der Waals surface area contributed by atoms with Gasteiger partial charge in [0.2, 0.25) is 0 Å². The number of carbonyl (C=O) groups is 2. The molecule has 0 heterocycles. The number of rotatable bonds is 5. The van der Waals surface area contributed by atoms with Crippen LogP contribution in [0, 0.1) is 20.2 Å². The van der Waals surface area contributed by atoms with E-state index >= 15 is 0 Å². The second-order valence-corrected chi connectivity index (χ2v) is 5.64. The number of methoxy groups -OCH3 is 1. The van der Waals surface area contributed by atoms with Crippen molar-refractivity contribution < 1.29 is 24.2 Å². The highest BCUT2D eigenvalue weighted by atomic mass is 32.1. The first kappa shape index (κ1) is 20.4. The van der Waals surface area contributed by atoms with Crippen LogP contribution in [0.25, 0.3) is 0 Å². The summed E-state index contributed by atoms with van der Waals surface area (Å²) in [6, 6.07) is 8.53. The van der Waals surface area contributed by atoms with Gasteiger partial charge >= 0.3 is 5.97 Å². The Bertz CT molecular complexity index is 943. The lowest BCUT2D eigenvalue weighted by molar-refractivity contribution is -0.394. The molecule has 0 bridgehead atoms. The largest absolute Gasteiger partial charge is 0.465 e. The SMILES string of the molecule is COC(=O)c1ccc(NC(=S)NC(=O)c2cc([N+](=O)[O-])cc([N+](=O)[O-])c2)cc1. The number of esters is 1. The van der Waals surface area contributed by atoms with Crippen LogP contribution in [-0.4, -0.2) is 33.9 Å². The molecule has 2 aromatic rings. The fourth-order valence-corrected chi connectivity index (χ4v) is 2.29. The molecule has 1 amide bonds. The maximum atomic E-state index is 12.2. The summed E-state index contributed by atoms with van der Waals surface area (Å²) in [5.74, 6) is -1.38. The number of ether oxygens (including phenoxy) is 1. The van der Waals surface area contributed by atoms with Gasteiger partial charge in [-0.1, -0.05) is 0 Å². The van der Waals surface area contributed by atoms with E-state index < -0.39 is 33.1 Å². The molecule has 0 aromatic heterocycles. The Balaban J connectivity index is 2.12. The summed E-state index contributed by atoms with van der Waals surface area (Å²) in [6.45, 7) is 0. The number of benzene rings is 2. The van der Waals surface area contributed by atoms with Crippen LogP contribution in [0.1, 0.15) is 20.7 Å². The summed E-state index contributed by atoms with van der Waals surface area (Å²) in [4.78, 5) is 43.7. The molecule has 0 fully saturated rings. The average molecular weight is 404 g/mol. The third kappa shape index (κ3) is 5.04. The fraction of sp³-hybridized carbons (Fsp3) is 0.0625. The summed E-state index contributed by atoms with van der Waals surface area (Å²) in [6.07, 6.45) is 0. The summed E-state index contributed by atoms with van der Waals surface area (Å²) in [5.41, 5.74) is -0.741. The summed E-state index contributed by atoms with van der Waals surface area (Å²) >= 11 is 4.99. The van der Waals surface area contributed by atoms with E-state index in [1.807, 2.05) is 0 Å². The molecular weight excluding hydrogens is 392 g/mol. The third-order valence-electron chi connectivity index (χ3n) is 3.38. The lowest BCUT2D eigenvalue weighted by atomic mass is 10.1. The lowest BCUT2D eigenvalue weighted by Gasteiger charge is -2.10. The number of carbonyl (C=O) groups excluding carboxylic acids is 2. The van der Waals surface area contributed by atoms with E-state index in [4.69, 9.17) is 12.2 Å². The first-order valence-electron chi connectivity index (χ1n) is 7.46. The molecule has 0 radical (unpaired) electrons. The average Bonchev–Trinajstić information content (AvgIpc) is 2.67. The molecule has 2 N–H and O–H groups in total. The lowest BCUT2D eigenvalue weighted by Crippen LogP contribution is -2.34. The van der Waals surface area contributed by atoms with E-state index in [0.29, 0.717) is 11.3 Å². The maximum Gasteiger partial charge on any atom is 0.337 e. The van der Waals surface area contributed by atoms with Crippen LogP contribution in [0.2, 0.25) is 0 Å². The minimum atomic E-state index is -0.865. The minimum Gasteiger partial charge on any atom is -0.465 e. The maximum absolute atomic E-state index is 12.2. The van der Waals surface area contributed by atoms with Crippen molar-refractivity contribution in [2.75, 3.05) is 12.4 Å². The van der Waals surface area contributed by atoms with Gasteiger partial charge < -0.3 is 10.1 Å². The second kappa shape index (κ2) is 8.64. The van der Waals surface area contributed by atoms with Gasteiger partial charge in [0.15, 0.2) is 5.11 Å². The van der Waals surface area contributed by atoms with Gasteiger partial charge in [0.05, 0.1) is 34.1 Å². The van der Waals surface area contributed by atoms with Crippen molar-refractivity contribution >= 4 is 46.3 Å². The highest BCUT2D eigenvalue weighted by Gasteiger charge is 2.20. The number of amides is 1. The molecule has 0 saturated heterocycles. The fourth-order valence-electron chi connectivity index (χ4n) is 2.08. The first-order valence-corrected chi connectivity index (χ1v) is 7.86. The third-order valence-corrected chi connectivity index (χ3v) is 3.58. The molecule has 0 unspecified atom stereocenters. The van der Waals surface area contributed by atoms with E-state index in [0.717, 1.165) is 18.2 Å². The number of hydrogen-bond donors (Lipinski definition) is 2. The predicted molar refractivity (Wildman–Crippen MR) is 101 cm³/mol. The zero-order chi connectivity index (χ0) is 20.8. The summed E-state index contributed by atoms with van der Waals surface area (Å²) < 4.78 is 4.57. The number of nitro groups is 2. The molecule has 11 nitrogen and oxygen atoms in total. The normalized spacial score (nSPS) is 9.89. The van der Waals surface area contributed by atoms with Gasteiger partial charge in [0, 0.05) is 17.8 Å². The van der Waals surface area contributed by atoms with Gasteiger partial charge in [0.1, 0.15) is 0 Å². The van der Waals surface area contributed by atoms with E-state index in [9.17, 15) is 29.8 Å². The molecular formula is C16H12N4O7S. The van der Waals surface area contributed by atoms with Crippen LogP contribution in [0.4, 0.5) is 17.1 Å². The minimum absolute atomic E-state index is 0.148. The van der Waals surface area contributed by atoms with Crippen LogP contribution in [0.3, 0.4) is 0 Å².